The fourth-order valence-electron chi connectivity index (χ4n) is 4.10. The molecule has 1 saturated heterocycles. The average Bonchev–Trinajstić information content (AvgIpc) is 3.20. The number of rotatable bonds is 9. The van der Waals surface area contributed by atoms with Crippen LogP contribution in [0.2, 0.25) is 0 Å². The molecule has 3 unspecified atom stereocenters. The first-order valence-electron chi connectivity index (χ1n) is 10.8. The van der Waals surface area contributed by atoms with E-state index >= 15 is 0 Å². The first-order chi connectivity index (χ1) is 16.1. The van der Waals surface area contributed by atoms with Crippen molar-refractivity contribution in [2.75, 3.05) is 13.7 Å². The van der Waals surface area contributed by atoms with Gasteiger partial charge in [-0.3, -0.25) is 4.79 Å². The molecule has 5 N–H and O–H groups in total. The number of fused-ring (bicyclic) bond motifs is 1. The Morgan fingerprint density at radius 2 is 1.85 bits per heavy atom. The van der Waals surface area contributed by atoms with Gasteiger partial charge in [-0.2, -0.15) is 0 Å². The summed E-state index contributed by atoms with van der Waals surface area (Å²) in [6.07, 6.45) is -5.36. The Balaban J connectivity index is 2.06. The van der Waals surface area contributed by atoms with Gasteiger partial charge >= 0.3 is 11.9 Å². The fourth-order valence-corrected chi connectivity index (χ4v) is 4.10. The van der Waals surface area contributed by atoms with Crippen LogP contribution in [0.5, 0.6) is 11.5 Å². The molecule has 11 heteroatoms. The van der Waals surface area contributed by atoms with Gasteiger partial charge in [0.25, 0.3) is 0 Å². The van der Waals surface area contributed by atoms with Crippen LogP contribution in [0.3, 0.4) is 0 Å². The van der Waals surface area contributed by atoms with E-state index in [0.717, 1.165) is 5.57 Å². The molecular weight excluding hydrogens is 452 g/mol. The minimum Gasteiger partial charge on any atom is -0.496 e. The molecule has 0 spiro atoms. The van der Waals surface area contributed by atoms with Gasteiger partial charge in [0.15, 0.2) is 0 Å². The molecule has 0 bridgehead atoms. The van der Waals surface area contributed by atoms with Crippen LogP contribution in [0, 0.1) is 6.92 Å². The number of aliphatic hydroxyl groups excluding tert-OH is 4. The van der Waals surface area contributed by atoms with Gasteiger partial charge in [-0.1, -0.05) is 11.6 Å². The van der Waals surface area contributed by atoms with E-state index in [2.05, 4.69) is 0 Å². The molecule has 5 atom stereocenters. The number of allylic oxidation sites excluding steroid dienone is 2. The van der Waals surface area contributed by atoms with Crippen molar-refractivity contribution < 1.29 is 54.1 Å². The molecule has 11 nitrogen and oxygen atoms in total. The van der Waals surface area contributed by atoms with Gasteiger partial charge < -0.3 is 44.5 Å². The van der Waals surface area contributed by atoms with E-state index in [1.807, 2.05) is 0 Å². The summed E-state index contributed by atoms with van der Waals surface area (Å²) in [5, 5.41) is 49.0. The number of carbonyl (C=O) groups excluding carboxylic acids is 1. The van der Waals surface area contributed by atoms with Gasteiger partial charge in [-0.05, 0) is 32.3 Å². The van der Waals surface area contributed by atoms with Crippen LogP contribution in [-0.2, 0) is 27.3 Å². The molecule has 34 heavy (non-hydrogen) atoms. The third-order valence-electron chi connectivity index (χ3n) is 6.10. The number of hydrogen-bond donors (Lipinski definition) is 5. The van der Waals surface area contributed by atoms with E-state index < -0.39 is 49.3 Å². The third kappa shape index (κ3) is 5.03. The molecule has 0 aromatic heterocycles. The number of ether oxygens (including phenoxy) is 4. The zero-order valence-electron chi connectivity index (χ0n) is 19.2. The maximum absolute atomic E-state index is 12.6. The highest BCUT2D eigenvalue weighted by atomic mass is 16.7. The molecule has 1 fully saturated rings. The summed E-state index contributed by atoms with van der Waals surface area (Å²) in [4.78, 5) is 23.5. The summed E-state index contributed by atoms with van der Waals surface area (Å²) >= 11 is 0. The van der Waals surface area contributed by atoms with Gasteiger partial charge in [0.2, 0.25) is 6.29 Å². The first kappa shape index (κ1) is 25.9. The molecule has 2 heterocycles. The molecule has 1 aromatic rings. The topological polar surface area (TPSA) is 172 Å². The Hall–Kier alpha value is -2.70. The van der Waals surface area contributed by atoms with Crippen molar-refractivity contribution in [3.05, 3.63) is 33.9 Å². The standard InChI is InChI=1S/C23H30O11/c1-10(5-7-15(25)26)4-6-12-20(31-3)11(2)13-9-32-22(30)16(13)21(12)34-23-19(29)18(28)17(27)14(8-24)33-23/h4,14,17-19,23-24,27-29H,5-9H2,1-3H3,(H,25,26)/b10-4+/t14?,17-,18?,19?,23+/m1/s1. The lowest BCUT2D eigenvalue weighted by Crippen LogP contribution is -2.60. The van der Waals surface area contributed by atoms with Crippen LogP contribution in [-0.4, -0.2) is 81.9 Å². The number of hydrogen-bond acceptors (Lipinski definition) is 10. The van der Waals surface area contributed by atoms with Crippen LogP contribution in [0.15, 0.2) is 11.6 Å². The van der Waals surface area contributed by atoms with Crippen LogP contribution >= 0.6 is 0 Å². The monoisotopic (exact) mass is 482 g/mol. The molecule has 0 radical (unpaired) electrons. The summed E-state index contributed by atoms with van der Waals surface area (Å²) in [6, 6.07) is 0. The molecule has 0 aliphatic carbocycles. The number of aliphatic carboxylic acids is 1. The lowest BCUT2D eigenvalue weighted by molar-refractivity contribution is -0.277. The number of benzene rings is 1. The van der Waals surface area contributed by atoms with E-state index in [1.54, 1.807) is 19.9 Å². The average molecular weight is 482 g/mol. The van der Waals surface area contributed by atoms with Gasteiger partial charge in [-0.15, -0.1) is 0 Å². The predicted octanol–water partition coefficient (Wildman–Crippen LogP) is 0.206. The Morgan fingerprint density at radius 3 is 2.47 bits per heavy atom. The number of esters is 1. The maximum Gasteiger partial charge on any atom is 0.342 e. The van der Waals surface area contributed by atoms with Gasteiger partial charge in [0.05, 0.1) is 13.7 Å². The van der Waals surface area contributed by atoms with Gasteiger partial charge in [0.1, 0.15) is 48.1 Å². The van der Waals surface area contributed by atoms with E-state index in [4.69, 9.17) is 24.1 Å². The quantitative estimate of drug-likeness (QED) is 0.240. The van der Waals surface area contributed by atoms with Crippen LogP contribution in [0.25, 0.3) is 0 Å². The summed E-state index contributed by atoms with van der Waals surface area (Å²) in [5.74, 6) is -1.13. The summed E-state index contributed by atoms with van der Waals surface area (Å²) in [5.41, 5.74) is 2.56. The lowest BCUT2D eigenvalue weighted by Gasteiger charge is -2.40. The second-order valence-electron chi connectivity index (χ2n) is 8.36. The minimum absolute atomic E-state index is 0.00480. The summed E-state index contributed by atoms with van der Waals surface area (Å²) < 4.78 is 22.2. The zero-order valence-corrected chi connectivity index (χ0v) is 19.2. The van der Waals surface area contributed by atoms with Crippen LogP contribution in [0.1, 0.15) is 46.8 Å². The molecule has 3 rings (SSSR count). The van der Waals surface area contributed by atoms with Crippen LogP contribution in [0.4, 0.5) is 0 Å². The van der Waals surface area contributed by atoms with Crippen molar-refractivity contribution in [3.63, 3.8) is 0 Å². The lowest BCUT2D eigenvalue weighted by atomic mass is 9.94. The van der Waals surface area contributed by atoms with Crippen molar-refractivity contribution in [3.8, 4) is 11.5 Å². The number of carbonyl (C=O) groups is 2. The summed E-state index contributed by atoms with van der Waals surface area (Å²) in [7, 11) is 1.45. The van der Waals surface area contributed by atoms with Crippen molar-refractivity contribution in [2.24, 2.45) is 0 Å². The molecule has 188 valence electrons. The minimum atomic E-state index is -1.68. The number of carboxylic acid groups (broad SMARTS) is 1. The van der Waals surface area contributed by atoms with E-state index in [9.17, 15) is 30.0 Å². The maximum atomic E-state index is 12.6. The van der Waals surface area contributed by atoms with Gasteiger partial charge in [-0.25, -0.2) is 4.79 Å². The second kappa shape index (κ2) is 10.7. The molecule has 2 aliphatic rings. The summed E-state index contributed by atoms with van der Waals surface area (Å²) in [6.45, 7) is 2.90. The highest BCUT2D eigenvalue weighted by molar-refractivity contribution is 5.98. The zero-order chi connectivity index (χ0) is 25.2. The number of methoxy groups -OCH3 is 1. The highest BCUT2D eigenvalue weighted by Crippen LogP contribution is 2.44. The molecule has 0 amide bonds. The van der Waals surface area contributed by atoms with Crippen molar-refractivity contribution in [1.82, 2.24) is 0 Å². The molecule has 2 aliphatic heterocycles. The Bertz CT molecular complexity index is 968. The number of cyclic esters (lactones) is 1. The van der Waals surface area contributed by atoms with E-state index in [0.29, 0.717) is 28.9 Å². The van der Waals surface area contributed by atoms with Crippen molar-refractivity contribution in [2.45, 2.75) is 70.4 Å². The highest BCUT2D eigenvalue weighted by Gasteiger charge is 2.46. The van der Waals surface area contributed by atoms with Crippen molar-refractivity contribution in [1.29, 1.82) is 0 Å². The molecule has 1 aromatic carbocycles. The predicted molar refractivity (Wildman–Crippen MR) is 116 cm³/mol. The SMILES string of the molecule is COc1c(C)c2c(c(O[C@@H]3OC(CO)[C@@H](O)C(O)C3O)c1C/C=C(\C)CCC(=O)O)C(=O)OC2. The Morgan fingerprint density at radius 1 is 1.15 bits per heavy atom. The first-order valence-corrected chi connectivity index (χ1v) is 10.8. The normalized spacial score (nSPS) is 26.7. The van der Waals surface area contributed by atoms with Crippen molar-refractivity contribution >= 4 is 11.9 Å². The Kier molecular flexibility index (Phi) is 8.16. The Labute approximate surface area is 196 Å². The molecule has 0 saturated carbocycles. The molecular formula is C23H30O11. The van der Waals surface area contributed by atoms with E-state index in [-0.39, 0.29) is 30.8 Å². The fraction of sp³-hybridized carbons (Fsp3) is 0.565. The number of aliphatic hydroxyl groups is 4. The van der Waals surface area contributed by atoms with E-state index in [1.165, 1.54) is 7.11 Å². The largest absolute Gasteiger partial charge is 0.496 e. The number of carboxylic acids is 1. The third-order valence-corrected chi connectivity index (χ3v) is 6.10. The van der Waals surface area contributed by atoms with Crippen LogP contribution < -0.4 is 9.47 Å². The smallest absolute Gasteiger partial charge is 0.342 e. The van der Waals surface area contributed by atoms with Gasteiger partial charge in [0, 0.05) is 17.5 Å². The second-order valence-corrected chi connectivity index (χ2v) is 8.36.